The molecule has 0 saturated carbocycles. The molecule has 0 amide bonds. The average molecular weight is 449 g/mol. The minimum Gasteiger partial charge on any atom is -0.389 e. The molecule has 0 bridgehead atoms. The number of amidine groups is 1. The molecule has 2 aliphatic rings. The first-order valence-electron chi connectivity index (χ1n) is 11.1. The summed E-state index contributed by atoms with van der Waals surface area (Å²) in [4.78, 5) is 21.5. The molecule has 0 saturated heterocycles. The van der Waals surface area contributed by atoms with Crippen molar-refractivity contribution in [2.75, 3.05) is 0 Å². The van der Waals surface area contributed by atoms with E-state index in [1.807, 2.05) is 26.0 Å². The molecule has 1 unspecified atom stereocenters. The number of aliphatic hydroxyl groups is 1. The van der Waals surface area contributed by atoms with Crippen molar-refractivity contribution >= 4 is 23.0 Å². The molecular formula is C26H29FN4O2. The summed E-state index contributed by atoms with van der Waals surface area (Å²) in [6.45, 7) is 5.98. The van der Waals surface area contributed by atoms with Gasteiger partial charge in [0, 0.05) is 23.9 Å². The molecule has 1 aliphatic carbocycles. The number of halogens is 1. The minimum atomic E-state index is -0.456. The number of hydrogen-bond acceptors (Lipinski definition) is 5. The Morgan fingerprint density at radius 1 is 1.27 bits per heavy atom. The Hall–Kier alpha value is -3.58. The molecule has 172 valence electrons. The van der Waals surface area contributed by atoms with Crippen LogP contribution >= 0.6 is 0 Å². The van der Waals surface area contributed by atoms with Gasteiger partial charge in [-0.05, 0) is 60.7 Å². The van der Waals surface area contributed by atoms with E-state index in [2.05, 4.69) is 21.4 Å². The average Bonchev–Trinajstić information content (AvgIpc) is 3.11. The van der Waals surface area contributed by atoms with Crippen LogP contribution in [0.2, 0.25) is 0 Å². The third kappa shape index (κ3) is 5.62. The van der Waals surface area contributed by atoms with Crippen molar-refractivity contribution in [1.82, 2.24) is 10.3 Å². The van der Waals surface area contributed by atoms with E-state index in [4.69, 9.17) is 5.73 Å². The number of carbonyl (C=O) groups is 1. The van der Waals surface area contributed by atoms with E-state index < -0.39 is 11.9 Å². The number of nitrogens with zero attached hydrogens (tertiary/aromatic N) is 2. The number of nitrogens with two attached hydrogens (primary N) is 1. The molecule has 7 heteroatoms. The Morgan fingerprint density at radius 2 is 2.06 bits per heavy atom. The lowest BCUT2D eigenvalue weighted by atomic mass is 9.99. The van der Waals surface area contributed by atoms with Gasteiger partial charge in [-0.3, -0.25) is 4.79 Å². The van der Waals surface area contributed by atoms with Gasteiger partial charge in [0.15, 0.2) is 11.6 Å². The third-order valence-corrected chi connectivity index (χ3v) is 5.38. The molecule has 2 heterocycles. The number of hydrogen-bond donors (Lipinski definition) is 3. The van der Waals surface area contributed by atoms with Crippen molar-refractivity contribution in [3.63, 3.8) is 0 Å². The Balaban J connectivity index is 0.00000149. The number of Topliss-reactive ketones (excluding diaryl/α,β-unsaturated/α-hetero) is 1. The molecule has 0 radical (unpaired) electrons. The summed E-state index contributed by atoms with van der Waals surface area (Å²) in [5.74, 6) is -0.203. The molecule has 1 aliphatic heterocycles. The van der Waals surface area contributed by atoms with Crippen LogP contribution in [0.1, 0.15) is 55.1 Å². The molecule has 1 atom stereocenters. The van der Waals surface area contributed by atoms with E-state index in [1.165, 1.54) is 12.1 Å². The van der Waals surface area contributed by atoms with Crippen LogP contribution in [0.15, 0.2) is 71.0 Å². The molecular weight excluding hydrogens is 419 g/mol. The highest BCUT2D eigenvalue weighted by molar-refractivity contribution is 6.15. The van der Waals surface area contributed by atoms with Crippen molar-refractivity contribution in [3.05, 3.63) is 88.5 Å². The first kappa shape index (κ1) is 24.1. The fourth-order valence-corrected chi connectivity index (χ4v) is 3.63. The largest absolute Gasteiger partial charge is 0.389 e. The van der Waals surface area contributed by atoms with Gasteiger partial charge in [-0.25, -0.2) is 14.4 Å². The Labute approximate surface area is 193 Å². The number of fused-ring (bicyclic) bond motifs is 1. The van der Waals surface area contributed by atoms with Crippen molar-refractivity contribution in [1.29, 1.82) is 0 Å². The standard InChI is InChI=1S/C24H23FN4O2.C2H6/c1-14-22(28-13-17-5-8-18(25)11-20(17)23(14)31)24(26)29-21-10-7-16(12-27-21)15-3-2-4-19(30)9-6-15;1-2/h3,5-12,19,28,30H,2,4,13H2,1H3,(H2,26,27,29);1-2H3. The lowest BCUT2D eigenvalue weighted by molar-refractivity contribution is 0.103. The Bertz CT molecular complexity index is 1150. The topological polar surface area (TPSA) is 101 Å². The van der Waals surface area contributed by atoms with Crippen molar-refractivity contribution in [2.45, 2.75) is 46.3 Å². The van der Waals surface area contributed by atoms with Gasteiger partial charge < -0.3 is 16.2 Å². The van der Waals surface area contributed by atoms with E-state index in [1.54, 1.807) is 31.3 Å². The Kier molecular flexibility index (Phi) is 7.90. The van der Waals surface area contributed by atoms with Gasteiger partial charge in [0.2, 0.25) is 0 Å². The number of aliphatic hydroxyl groups excluding tert-OH is 1. The number of aliphatic imine (C=N–C) groups is 1. The quantitative estimate of drug-likeness (QED) is 0.471. The summed E-state index contributed by atoms with van der Waals surface area (Å²) < 4.78 is 13.6. The van der Waals surface area contributed by atoms with Gasteiger partial charge >= 0.3 is 0 Å². The van der Waals surface area contributed by atoms with Crippen LogP contribution in [-0.2, 0) is 6.54 Å². The normalized spacial score (nSPS) is 18.3. The highest BCUT2D eigenvalue weighted by Gasteiger charge is 2.23. The smallest absolute Gasteiger partial charge is 0.191 e. The van der Waals surface area contributed by atoms with Gasteiger partial charge in [-0.15, -0.1) is 0 Å². The number of benzene rings is 1. The summed E-state index contributed by atoms with van der Waals surface area (Å²) in [5.41, 5.74) is 9.91. The van der Waals surface area contributed by atoms with Gasteiger partial charge in [-0.1, -0.05) is 38.1 Å². The van der Waals surface area contributed by atoms with E-state index in [0.717, 1.165) is 17.6 Å². The SMILES string of the molecule is CC.CC1=C(C(N)=Nc2ccc(C3=CCCC(O)C=C3)cn2)NCc2ccc(F)cc2C1=O. The van der Waals surface area contributed by atoms with Crippen LogP contribution in [0.25, 0.3) is 5.57 Å². The van der Waals surface area contributed by atoms with Gasteiger partial charge in [0.05, 0.1) is 11.8 Å². The number of nitrogens with one attached hydrogen (secondary N) is 1. The van der Waals surface area contributed by atoms with Crippen LogP contribution in [0.5, 0.6) is 0 Å². The van der Waals surface area contributed by atoms with Crippen molar-refractivity contribution in [2.24, 2.45) is 10.7 Å². The minimum absolute atomic E-state index is 0.135. The maximum atomic E-state index is 13.6. The number of pyridine rings is 1. The summed E-state index contributed by atoms with van der Waals surface area (Å²) in [6.07, 6.45) is 8.49. The Morgan fingerprint density at radius 3 is 2.79 bits per heavy atom. The fraction of sp³-hybridized carbons (Fsp3) is 0.269. The van der Waals surface area contributed by atoms with Crippen molar-refractivity contribution < 1.29 is 14.3 Å². The summed E-state index contributed by atoms with van der Waals surface area (Å²) in [6, 6.07) is 7.80. The molecule has 4 rings (SSSR count). The number of allylic oxidation sites excluding steroid dienone is 4. The number of rotatable bonds is 3. The van der Waals surface area contributed by atoms with Crippen LogP contribution in [0.4, 0.5) is 10.2 Å². The first-order valence-corrected chi connectivity index (χ1v) is 11.1. The van der Waals surface area contributed by atoms with E-state index in [-0.39, 0.29) is 11.6 Å². The first-order chi connectivity index (χ1) is 15.9. The zero-order valence-corrected chi connectivity index (χ0v) is 19.1. The predicted octanol–water partition coefficient (Wildman–Crippen LogP) is 4.59. The van der Waals surface area contributed by atoms with Crippen LogP contribution in [-0.4, -0.2) is 27.8 Å². The highest BCUT2D eigenvalue weighted by atomic mass is 19.1. The zero-order chi connectivity index (χ0) is 24.0. The zero-order valence-electron chi connectivity index (χ0n) is 19.1. The molecule has 2 aromatic rings. The maximum Gasteiger partial charge on any atom is 0.191 e. The lowest BCUT2D eigenvalue weighted by Gasteiger charge is -2.10. The summed E-state index contributed by atoms with van der Waals surface area (Å²) in [5, 5.41) is 12.9. The predicted molar refractivity (Wildman–Crippen MR) is 129 cm³/mol. The van der Waals surface area contributed by atoms with E-state index in [0.29, 0.717) is 41.2 Å². The van der Waals surface area contributed by atoms with Gasteiger partial charge in [0.1, 0.15) is 11.7 Å². The third-order valence-electron chi connectivity index (χ3n) is 5.38. The van der Waals surface area contributed by atoms with E-state index in [9.17, 15) is 14.3 Å². The summed E-state index contributed by atoms with van der Waals surface area (Å²) >= 11 is 0. The highest BCUT2D eigenvalue weighted by Crippen LogP contribution is 2.24. The second kappa shape index (κ2) is 10.8. The van der Waals surface area contributed by atoms with E-state index >= 15 is 0 Å². The number of ketones is 1. The van der Waals surface area contributed by atoms with Gasteiger partial charge in [-0.2, -0.15) is 0 Å². The fourth-order valence-electron chi connectivity index (χ4n) is 3.63. The monoisotopic (exact) mass is 448 g/mol. The molecule has 1 aromatic heterocycles. The van der Waals surface area contributed by atoms with Crippen LogP contribution in [0.3, 0.4) is 0 Å². The number of carbonyl (C=O) groups excluding carboxylic acids is 1. The van der Waals surface area contributed by atoms with Crippen LogP contribution in [0, 0.1) is 5.82 Å². The molecule has 6 nitrogen and oxygen atoms in total. The van der Waals surface area contributed by atoms with Gasteiger partial charge in [0.25, 0.3) is 0 Å². The number of aromatic nitrogens is 1. The van der Waals surface area contributed by atoms with Crippen molar-refractivity contribution in [3.8, 4) is 0 Å². The molecule has 0 spiro atoms. The molecule has 4 N–H and O–H groups in total. The van der Waals surface area contributed by atoms with Crippen LogP contribution < -0.4 is 11.1 Å². The second-order valence-corrected chi connectivity index (χ2v) is 7.55. The lowest BCUT2D eigenvalue weighted by Crippen LogP contribution is -2.27. The summed E-state index contributed by atoms with van der Waals surface area (Å²) in [7, 11) is 0. The molecule has 0 fully saturated rings. The molecule has 1 aromatic carbocycles. The molecule has 33 heavy (non-hydrogen) atoms. The maximum absolute atomic E-state index is 13.6. The second-order valence-electron chi connectivity index (χ2n) is 7.55.